The van der Waals surface area contributed by atoms with E-state index in [4.69, 9.17) is 0 Å². The van der Waals surface area contributed by atoms with E-state index in [2.05, 4.69) is 25.3 Å². The topological polar surface area (TPSA) is 80.7 Å². The van der Waals surface area contributed by atoms with Gasteiger partial charge in [-0.3, -0.25) is 9.78 Å². The maximum Gasteiger partial charge on any atom is 0.222 e. The van der Waals surface area contributed by atoms with E-state index >= 15 is 0 Å². The molecule has 1 amide bonds. The number of hydrogen-bond donors (Lipinski definition) is 1. The van der Waals surface area contributed by atoms with Gasteiger partial charge in [-0.25, -0.2) is 19.3 Å². The lowest BCUT2D eigenvalue weighted by molar-refractivity contribution is -0.114. The predicted octanol–water partition coefficient (Wildman–Crippen LogP) is 5.00. The first-order chi connectivity index (χ1) is 15.1. The lowest BCUT2D eigenvalue weighted by atomic mass is 9.99. The smallest absolute Gasteiger partial charge is 0.222 e. The van der Waals surface area contributed by atoms with Crippen molar-refractivity contribution in [3.8, 4) is 22.5 Å². The van der Waals surface area contributed by atoms with Gasteiger partial charge >= 0.3 is 0 Å². The van der Waals surface area contributed by atoms with Gasteiger partial charge in [0.05, 0.1) is 11.4 Å². The van der Waals surface area contributed by atoms with Gasteiger partial charge in [-0.2, -0.15) is 0 Å². The van der Waals surface area contributed by atoms with Crippen LogP contribution in [0, 0.1) is 5.82 Å². The number of carbonyl (C=O) groups is 1. The second-order valence-corrected chi connectivity index (χ2v) is 7.00. The van der Waals surface area contributed by atoms with Crippen molar-refractivity contribution in [2.75, 3.05) is 5.32 Å². The summed E-state index contributed by atoms with van der Waals surface area (Å²) in [6.07, 6.45) is 4.94. The van der Waals surface area contributed by atoms with Crippen LogP contribution in [0.1, 0.15) is 6.92 Å². The van der Waals surface area contributed by atoms with Gasteiger partial charge in [0.1, 0.15) is 11.6 Å². The van der Waals surface area contributed by atoms with E-state index in [1.54, 1.807) is 42.9 Å². The molecule has 0 aliphatic heterocycles. The average Bonchev–Trinajstić information content (AvgIpc) is 2.78. The maximum atomic E-state index is 14.5. The highest BCUT2D eigenvalue weighted by Crippen LogP contribution is 2.35. The Bertz CT molecular complexity index is 1470. The zero-order valence-electron chi connectivity index (χ0n) is 16.5. The molecule has 5 aromatic rings. The summed E-state index contributed by atoms with van der Waals surface area (Å²) in [5, 5.41) is 5.10. The van der Waals surface area contributed by atoms with Crippen LogP contribution in [0.5, 0.6) is 0 Å². The highest BCUT2D eigenvalue weighted by Gasteiger charge is 2.16. The monoisotopic (exact) mass is 409 g/mol. The third-order valence-corrected chi connectivity index (χ3v) is 4.97. The number of benzene rings is 1. The normalized spacial score (nSPS) is 11.0. The number of anilines is 1. The van der Waals surface area contributed by atoms with Gasteiger partial charge in [0.2, 0.25) is 5.91 Å². The zero-order valence-corrected chi connectivity index (χ0v) is 16.5. The Labute approximate surface area is 176 Å². The Balaban J connectivity index is 1.82. The Morgan fingerprint density at radius 1 is 0.839 bits per heavy atom. The summed E-state index contributed by atoms with van der Waals surface area (Å²) in [6.45, 7) is 1.44. The molecule has 0 unspecified atom stereocenters. The highest BCUT2D eigenvalue weighted by molar-refractivity contribution is 6.07. The van der Waals surface area contributed by atoms with Crippen LogP contribution in [-0.2, 0) is 4.79 Å². The van der Waals surface area contributed by atoms with Crippen molar-refractivity contribution in [3.05, 3.63) is 79.0 Å². The molecular weight excluding hydrogens is 393 g/mol. The quantitative estimate of drug-likeness (QED) is 0.453. The van der Waals surface area contributed by atoms with E-state index in [1.165, 1.54) is 13.0 Å². The molecule has 7 heteroatoms. The molecule has 1 aromatic carbocycles. The molecule has 0 spiro atoms. The van der Waals surface area contributed by atoms with Crippen LogP contribution in [0.2, 0.25) is 0 Å². The highest BCUT2D eigenvalue weighted by atomic mass is 19.1. The molecule has 0 radical (unpaired) electrons. The Morgan fingerprint density at radius 3 is 2.48 bits per heavy atom. The molecule has 0 aliphatic carbocycles. The Kier molecular flexibility index (Phi) is 4.55. The summed E-state index contributed by atoms with van der Waals surface area (Å²) in [5.74, 6) is -0.113. The Morgan fingerprint density at radius 2 is 1.65 bits per heavy atom. The maximum absolute atomic E-state index is 14.5. The van der Waals surface area contributed by atoms with Crippen LogP contribution < -0.4 is 5.32 Å². The number of nitrogens with one attached hydrogen (secondary N) is 1. The number of hydrogen-bond acceptors (Lipinski definition) is 5. The number of carbonyl (C=O) groups excluding carboxylic acids is 1. The van der Waals surface area contributed by atoms with Crippen molar-refractivity contribution in [1.29, 1.82) is 0 Å². The first-order valence-electron chi connectivity index (χ1n) is 9.64. The fraction of sp³-hybridized carbons (Fsp3) is 0.0417. The van der Waals surface area contributed by atoms with Crippen LogP contribution in [0.25, 0.3) is 44.3 Å². The van der Waals surface area contributed by atoms with Crippen LogP contribution in [-0.4, -0.2) is 25.8 Å². The number of rotatable bonds is 3. The molecule has 1 N–H and O–H groups in total. The van der Waals surface area contributed by atoms with E-state index in [1.807, 2.05) is 24.3 Å². The van der Waals surface area contributed by atoms with Crippen molar-refractivity contribution in [2.45, 2.75) is 6.92 Å². The fourth-order valence-corrected chi connectivity index (χ4v) is 3.65. The summed E-state index contributed by atoms with van der Waals surface area (Å²) >= 11 is 0. The number of nitrogens with zero attached hydrogens (tertiary/aromatic N) is 4. The fourth-order valence-electron chi connectivity index (χ4n) is 3.65. The van der Waals surface area contributed by atoms with E-state index in [0.717, 1.165) is 21.7 Å². The molecule has 6 nitrogen and oxygen atoms in total. The zero-order chi connectivity index (χ0) is 21.4. The molecule has 0 bridgehead atoms. The van der Waals surface area contributed by atoms with Crippen LogP contribution in [0.3, 0.4) is 0 Å². The van der Waals surface area contributed by atoms with E-state index in [9.17, 15) is 9.18 Å². The molecular formula is C24H16FN5O. The van der Waals surface area contributed by atoms with Crippen LogP contribution in [0.15, 0.2) is 73.2 Å². The largest absolute Gasteiger partial charge is 0.310 e. The van der Waals surface area contributed by atoms with Crippen molar-refractivity contribution < 1.29 is 9.18 Å². The first kappa shape index (κ1) is 18.7. The number of halogens is 1. The minimum atomic E-state index is -0.362. The summed E-state index contributed by atoms with van der Waals surface area (Å²) in [7, 11) is 0. The number of fused-ring (bicyclic) bond motifs is 2. The number of aromatic nitrogens is 4. The standard InChI is InChI=1S/C24H16FN5O/c1-14(31)29-23-17-9-11-26-22(15(17)8-12-28-23)19-13-21(18-5-2-3-7-20(18)25)30-24-16(19)6-4-10-27-24/h2-13H,1H3,(H,28,29,31). The van der Waals surface area contributed by atoms with Crippen molar-refractivity contribution >= 4 is 33.5 Å². The number of pyridine rings is 4. The van der Waals surface area contributed by atoms with Gasteiger partial charge < -0.3 is 5.32 Å². The second-order valence-electron chi connectivity index (χ2n) is 7.00. The van der Waals surface area contributed by atoms with Gasteiger partial charge in [0.25, 0.3) is 0 Å². The van der Waals surface area contributed by atoms with Crippen LogP contribution in [0.4, 0.5) is 10.2 Å². The summed E-state index contributed by atoms with van der Waals surface area (Å²) in [6, 6.07) is 15.7. The number of amides is 1. The summed E-state index contributed by atoms with van der Waals surface area (Å²) in [5.41, 5.74) is 2.78. The molecule has 0 fully saturated rings. The predicted molar refractivity (Wildman–Crippen MR) is 118 cm³/mol. The molecule has 31 heavy (non-hydrogen) atoms. The van der Waals surface area contributed by atoms with Gasteiger partial charge in [-0.1, -0.05) is 12.1 Å². The van der Waals surface area contributed by atoms with Crippen LogP contribution >= 0.6 is 0 Å². The summed E-state index contributed by atoms with van der Waals surface area (Å²) < 4.78 is 14.5. The van der Waals surface area contributed by atoms with Gasteiger partial charge in [0.15, 0.2) is 5.65 Å². The van der Waals surface area contributed by atoms with Gasteiger partial charge in [0, 0.05) is 52.8 Å². The molecule has 4 aromatic heterocycles. The molecule has 0 atom stereocenters. The minimum absolute atomic E-state index is 0.209. The third kappa shape index (κ3) is 3.36. The van der Waals surface area contributed by atoms with E-state index < -0.39 is 0 Å². The molecule has 5 rings (SSSR count). The molecule has 4 heterocycles. The van der Waals surface area contributed by atoms with E-state index in [0.29, 0.717) is 28.4 Å². The summed E-state index contributed by atoms with van der Waals surface area (Å²) in [4.78, 5) is 29.5. The average molecular weight is 409 g/mol. The molecule has 0 saturated carbocycles. The van der Waals surface area contributed by atoms with Crippen molar-refractivity contribution in [3.63, 3.8) is 0 Å². The molecule has 0 aliphatic rings. The second kappa shape index (κ2) is 7.53. The van der Waals surface area contributed by atoms with Gasteiger partial charge in [-0.05, 0) is 42.5 Å². The van der Waals surface area contributed by atoms with Crippen molar-refractivity contribution in [2.24, 2.45) is 0 Å². The Hall–Kier alpha value is -4.26. The lowest BCUT2D eigenvalue weighted by Crippen LogP contribution is -2.08. The third-order valence-electron chi connectivity index (χ3n) is 4.97. The lowest BCUT2D eigenvalue weighted by Gasteiger charge is -2.13. The van der Waals surface area contributed by atoms with Gasteiger partial charge in [-0.15, -0.1) is 0 Å². The first-order valence-corrected chi connectivity index (χ1v) is 9.64. The molecule has 0 saturated heterocycles. The molecule has 150 valence electrons. The van der Waals surface area contributed by atoms with Crippen molar-refractivity contribution in [1.82, 2.24) is 19.9 Å². The minimum Gasteiger partial charge on any atom is -0.310 e. The SMILES string of the molecule is CC(=O)Nc1nccc2c(-c3cc(-c4ccccc4F)nc4ncccc34)nccc12. The van der Waals surface area contributed by atoms with E-state index in [-0.39, 0.29) is 11.7 Å².